The van der Waals surface area contributed by atoms with E-state index in [0.29, 0.717) is 6.61 Å². The molecule has 0 aliphatic rings. The summed E-state index contributed by atoms with van der Waals surface area (Å²) in [5, 5.41) is 3.12. The zero-order valence-corrected chi connectivity index (χ0v) is 7.71. The minimum atomic E-state index is -0.438. The first-order valence-electron chi connectivity index (χ1n) is 4.27. The van der Waals surface area contributed by atoms with Gasteiger partial charge in [-0.1, -0.05) is 0 Å². The molecule has 74 valence electrons. The van der Waals surface area contributed by atoms with E-state index in [-0.39, 0.29) is 6.61 Å². The van der Waals surface area contributed by atoms with Gasteiger partial charge in [0.05, 0.1) is 6.61 Å². The lowest BCUT2D eigenvalue weighted by molar-refractivity contribution is -0.122. The molecule has 0 aromatic heterocycles. The maximum absolute atomic E-state index is 10.2. The topological polar surface area (TPSA) is 64.3 Å². The number of unbranched alkanes of at least 4 members (excludes halogenated alkanes) is 1. The standard InChI is InChI=1S/C9H16N2O2/c1-2-3-4-5-11-6-7-13-8-9(10)12/h1,11H,3-8H2,(H2,10,12). The monoisotopic (exact) mass is 184 g/mol. The van der Waals surface area contributed by atoms with Crippen LogP contribution in [0.25, 0.3) is 0 Å². The highest BCUT2D eigenvalue weighted by Crippen LogP contribution is 1.82. The lowest BCUT2D eigenvalue weighted by Gasteiger charge is -2.03. The minimum Gasteiger partial charge on any atom is -0.370 e. The van der Waals surface area contributed by atoms with Gasteiger partial charge in [-0.05, 0) is 13.0 Å². The predicted molar refractivity (Wildman–Crippen MR) is 51.0 cm³/mol. The van der Waals surface area contributed by atoms with Gasteiger partial charge in [-0.2, -0.15) is 0 Å². The Morgan fingerprint density at radius 1 is 1.54 bits per heavy atom. The zero-order chi connectivity index (χ0) is 9.94. The lowest BCUT2D eigenvalue weighted by Crippen LogP contribution is -2.24. The fourth-order valence-electron chi connectivity index (χ4n) is 0.758. The van der Waals surface area contributed by atoms with Gasteiger partial charge in [0, 0.05) is 13.0 Å². The first-order chi connectivity index (χ1) is 6.27. The van der Waals surface area contributed by atoms with Crippen LogP contribution in [0.5, 0.6) is 0 Å². The fraction of sp³-hybridized carbons (Fsp3) is 0.667. The van der Waals surface area contributed by atoms with Crippen molar-refractivity contribution in [3.8, 4) is 12.3 Å². The Morgan fingerprint density at radius 2 is 2.31 bits per heavy atom. The molecule has 0 rings (SSSR count). The van der Waals surface area contributed by atoms with Crippen molar-refractivity contribution in [1.29, 1.82) is 0 Å². The van der Waals surface area contributed by atoms with Crippen molar-refractivity contribution in [3.05, 3.63) is 0 Å². The summed E-state index contributed by atoms with van der Waals surface area (Å²) >= 11 is 0. The van der Waals surface area contributed by atoms with Crippen LogP contribution in [0.3, 0.4) is 0 Å². The Hall–Kier alpha value is -1.05. The molecule has 13 heavy (non-hydrogen) atoms. The molecule has 4 heteroatoms. The molecule has 0 aromatic rings. The second kappa shape index (κ2) is 9.04. The quantitative estimate of drug-likeness (QED) is 0.394. The van der Waals surface area contributed by atoms with E-state index >= 15 is 0 Å². The molecule has 0 heterocycles. The van der Waals surface area contributed by atoms with Crippen molar-refractivity contribution in [2.45, 2.75) is 12.8 Å². The van der Waals surface area contributed by atoms with Crippen molar-refractivity contribution < 1.29 is 9.53 Å². The fourth-order valence-corrected chi connectivity index (χ4v) is 0.758. The number of terminal acetylenes is 1. The highest BCUT2D eigenvalue weighted by molar-refractivity contribution is 5.74. The van der Waals surface area contributed by atoms with E-state index in [1.54, 1.807) is 0 Å². The summed E-state index contributed by atoms with van der Waals surface area (Å²) < 4.78 is 4.92. The van der Waals surface area contributed by atoms with Crippen molar-refractivity contribution in [1.82, 2.24) is 5.32 Å². The highest BCUT2D eigenvalue weighted by Gasteiger charge is 1.92. The number of nitrogens with one attached hydrogen (secondary N) is 1. The number of ether oxygens (including phenoxy) is 1. The molecular formula is C9H16N2O2. The molecule has 0 aliphatic carbocycles. The lowest BCUT2D eigenvalue weighted by atomic mass is 10.3. The third-order valence-electron chi connectivity index (χ3n) is 1.34. The third kappa shape index (κ3) is 10.9. The van der Waals surface area contributed by atoms with E-state index in [4.69, 9.17) is 16.9 Å². The van der Waals surface area contributed by atoms with Gasteiger partial charge in [-0.15, -0.1) is 12.3 Å². The normalized spacial score (nSPS) is 9.46. The number of primary amides is 1. The van der Waals surface area contributed by atoms with Crippen LogP contribution in [0.15, 0.2) is 0 Å². The Labute approximate surface area is 78.8 Å². The molecule has 1 amide bonds. The summed E-state index contributed by atoms with van der Waals surface area (Å²) in [4.78, 5) is 10.2. The van der Waals surface area contributed by atoms with Crippen LogP contribution < -0.4 is 11.1 Å². The number of nitrogens with two attached hydrogens (primary N) is 1. The van der Waals surface area contributed by atoms with E-state index < -0.39 is 5.91 Å². The Balaban J connectivity index is 2.92. The Kier molecular flexibility index (Phi) is 8.31. The smallest absolute Gasteiger partial charge is 0.243 e. The first-order valence-corrected chi connectivity index (χ1v) is 4.27. The van der Waals surface area contributed by atoms with Gasteiger partial charge >= 0.3 is 0 Å². The number of carbonyl (C=O) groups excluding carboxylic acids is 1. The van der Waals surface area contributed by atoms with Gasteiger partial charge in [0.25, 0.3) is 0 Å². The average molecular weight is 184 g/mol. The summed E-state index contributed by atoms with van der Waals surface area (Å²) in [5.41, 5.74) is 4.87. The molecule has 0 fully saturated rings. The van der Waals surface area contributed by atoms with Crippen LogP contribution in [0.2, 0.25) is 0 Å². The van der Waals surface area contributed by atoms with E-state index in [1.165, 1.54) is 0 Å². The zero-order valence-electron chi connectivity index (χ0n) is 7.71. The van der Waals surface area contributed by atoms with Gasteiger partial charge in [0.2, 0.25) is 5.91 Å². The van der Waals surface area contributed by atoms with Gasteiger partial charge in [-0.3, -0.25) is 4.79 Å². The van der Waals surface area contributed by atoms with Gasteiger partial charge < -0.3 is 15.8 Å². The van der Waals surface area contributed by atoms with Crippen molar-refractivity contribution in [2.24, 2.45) is 5.73 Å². The summed E-state index contributed by atoms with van der Waals surface area (Å²) in [5.74, 6) is 2.11. The highest BCUT2D eigenvalue weighted by atomic mass is 16.5. The number of carbonyl (C=O) groups is 1. The molecule has 0 bridgehead atoms. The number of rotatable bonds is 8. The molecule has 0 radical (unpaired) electrons. The molecule has 0 aliphatic heterocycles. The third-order valence-corrected chi connectivity index (χ3v) is 1.34. The maximum atomic E-state index is 10.2. The molecule has 3 N–H and O–H groups in total. The van der Waals surface area contributed by atoms with E-state index in [2.05, 4.69) is 11.2 Å². The summed E-state index contributed by atoms with van der Waals surface area (Å²) in [6.45, 7) is 2.09. The van der Waals surface area contributed by atoms with E-state index in [0.717, 1.165) is 25.9 Å². The molecule has 0 atom stereocenters. The molecule has 0 aromatic carbocycles. The van der Waals surface area contributed by atoms with Crippen molar-refractivity contribution in [3.63, 3.8) is 0 Å². The van der Waals surface area contributed by atoms with Gasteiger partial charge in [-0.25, -0.2) is 0 Å². The largest absolute Gasteiger partial charge is 0.370 e. The van der Waals surface area contributed by atoms with Crippen molar-refractivity contribution in [2.75, 3.05) is 26.3 Å². The van der Waals surface area contributed by atoms with E-state index in [9.17, 15) is 4.79 Å². The van der Waals surface area contributed by atoms with Crippen LogP contribution in [-0.4, -0.2) is 32.2 Å². The van der Waals surface area contributed by atoms with Gasteiger partial charge in [0.1, 0.15) is 6.61 Å². The van der Waals surface area contributed by atoms with Crippen LogP contribution in [0.1, 0.15) is 12.8 Å². The summed E-state index contributed by atoms with van der Waals surface area (Å²) in [6.07, 6.45) is 6.82. The molecular weight excluding hydrogens is 168 g/mol. The van der Waals surface area contributed by atoms with Crippen molar-refractivity contribution >= 4 is 5.91 Å². The second-order valence-corrected chi connectivity index (χ2v) is 2.58. The summed E-state index contributed by atoms with van der Waals surface area (Å²) in [6, 6.07) is 0. The summed E-state index contributed by atoms with van der Waals surface area (Å²) in [7, 11) is 0. The SMILES string of the molecule is C#CCCCNCCOCC(N)=O. The molecule has 4 nitrogen and oxygen atoms in total. The average Bonchev–Trinajstić information content (AvgIpc) is 2.09. The maximum Gasteiger partial charge on any atom is 0.243 e. The van der Waals surface area contributed by atoms with Crippen LogP contribution >= 0.6 is 0 Å². The molecule has 0 saturated heterocycles. The number of amides is 1. The predicted octanol–water partition coefficient (Wildman–Crippen LogP) is -0.509. The van der Waals surface area contributed by atoms with E-state index in [1.807, 2.05) is 0 Å². The number of hydrogen-bond acceptors (Lipinski definition) is 3. The Bertz CT molecular complexity index is 175. The minimum absolute atomic E-state index is 0.00790. The molecule has 0 spiro atoms. The van der Waals surface area contributed by atoms with Crippen LogP contribution in [-0.2, 0) is 9.53 Å². The molecule has 0 unspecified atom stereocenters. The second-order valence-electron chi connectivity index (χ2n) is 2.58. The number of hydrogen-bond donors (Lipinski definition) is 2. The molecule has 0 saturated carbocycles. The van der Waals surface area contributed by atoms with Crippen LogP contribution in [0, 0.1) is 12.3 Å². The van der Waals surface area contributed by atoms with Gasteiger partial charge in [0.15, 0.2) is 0 Å². The first kappa shape index (κ1) is 11.9. The Morgan fingerprint density at radius 3 is 2.92 bits per heavy atom. The van der Waals surface area contributed by atoms with Crippen LogP contribution in [0.4, 0.5) is 0 Å².